The third-order valence-electron chi connectivity index (χ3n) is 5.07. The van der Waals surface area contributed by atoms with Gasteiger partial charge in [-0.3, -0.25) is 4.68 Å². The van der Waals surface area contributed by atoms with Crippen molar-refractivity contribution in [3.63, 3.8) is 0 Å². The van der Waals surface area contributed by atoms with Crippen LogP contribution in [0, 0.1) is 11.6 Å². The zero-order chi connectivity index (χ0) is 23.2. The molecule has 33 heavy (non-hydrogen) atoms. The molecule has 6 nitrogen and oxygen atoms in total. The highest BCUT2D eigenvalue weighted by atomic mass is 19.3. The molecule has 0 unspecified atom stereocenters. The maximum absolute atomic E-state index is 14.1. The van der Waals surface area contributed by atoms with E-state index in [1.807, 2.05) is 0 Å². The molecule has 3 heterocycles. The molecular formula is C23H15F4N5O. The zero-order valence-corrected chi connectivity index (χ0v) is 17.1. The van der Waals surface area contributed by atoms with Crippen molar-refractivity contribution < 1.29 is 22.1 Å². The highest BCUT2D eigenvalue weighted by Crippen LogP contribution is 2.30. The quantitative estimate of drug-likeness (QED) is 0.327. The minimum absolute atomic E-state index is 0.0375. The van der Waals surface area contributed by atoms with Crippen LogP contribution in [0.4, 0.5) is 17.6 Å². The van der Waals surface area contributed by atoms with Gasteiger partial charge in [-0.15, -0.1) is 0 Å². The van der Waals surface area contributed by atoms with Crippen molar-refractivity contribution in [1.82, 2.24) is 24.9 Å². The number of benzene rings is 2. The first-order valence-electron chi connectivity index (χ1n) is 9.87. The van der Waals surface area contributed by atoms with Crippen LogP contribution in [0.5, 0.6) is 0 Å². The Balaban J connectivity index is 1.37. The van der Waals surface area contributed by atoms with Gasteiger partial charge < -0.3 is 4.52 Å². The van der Waals surface area contributed by atoms with Gasteiger partial charge in [-0.2, -0.15) is 5.10 Å². The molecule has 2 aliphatic heterocycles. The fraction of sp³-hybridized carbons (Fsp3) is 0.130. The van der Waals surface area contributed by atoms with Crippen LogP contribution >= 0.6 is 0 Å². The van der Waals surface area contributed by atoms with Crippen molar-refractivity contribution >= 4 is 0 Å². The number of nitrogens with zero attached hydrogens (tertiary/aromatic N) is 5. The molecule has 0 radical (unpaired) electrons. The molecule has 0 saturated carbocycles. The summed E-state index contributed by atoms with van der Waals surface area (Å²) in [5, 5.41) is 8.23. The predicted octanol–water partition coefficient (Wildman–Crippen LogP) is 5.54. The number of fused-ring (bicyclic) bond motifs is 1. The molecule has 0 saturated heterocycles. The average molecular weight is 453 g/mol. The Kier molecular flexibility index (Phi) is 4.92. The van der Waals surface area contributed by atoms with Gasteiger partial charge in [-0.05, 0) is 12.1 Å². The van der Waals surface area contributed by atoms with Gasteiger partial charge in [-0.1, -0.05) is 35.5 Å². The second kappa shape index (κ2) is 7.80. The molecule has 0 aliphatic carbocycles. The number of alkyl halides is 2. The van der Waals surface area contributed by atoms with E-state index in [9.17, 15) is 17.6 Å². The number of imidazole rings is 1. The summed E-state index contributed by atoms with van der Waals surface area (Å²) in [5.74, 6) is -4.38. The minimum atomic E-state index is -2.92. The third-order valence-corrected chi connectivity index (χ3v) is 5.07. The number of hydrogen-bond acceptors (Lipinski definition) is 5. The van der Waals surface area contributed by atoms with Crippen LogP contribution in [0.25, 0.3) is 34.0 Å². The smallest absolute Gasteiger partial charge is 0.270 e. The molecule has 0 spiro atoms. The Bertz CT molecular complexity index is 1410. The topological polar surface area (TPSA) is 69.6 Å². The highest BCUT2D eigenvalue weighted by molar-refractivity contribution is 5.65. The van der Waals surface area contributed by atoms with Gasteiger partial charge in [0.05, 0.1) is 18.0 Å². The van der Waals surface area contributed by atoms with Crippen molar-refractivity contribution in [2.75, 3.05) is 0 Å². The molecule has 2 aromatic carbocycles. The van der Waals surface area contributed by atoms with Gasteiger partial charge in [0.15, 0.2) is 23.2 Å². The molecule has 2 aliphatic rings. The SMILES string of the molecule is CC(F)(F)c1ccc(-c2cc(Cn3cc4nc(-c5cccc(F)c5F)nc-4cn3)on2)cc1. The number of halogens is 4. The fourth-order valence-corrected chi connectivity index (χ4v) is 3.36. The van der Waals surface area contributed by atoms with Crippen LogP contribution in [0.2, 0.25) is 0 Å². The van der Waals surface area contributed by atoms with E-state index < -0.39 is 17.6 Å². The summed E-state index contributed by atoms with van der Waals surface area (Å²) in [7, 11) is 0. The van der Waals surface area contributed by atoms with Crippen molar-refractivity contribution in [1.29, 1.82) is 0 Å². The summed E-state index contributed by atoms with van der Waals surface area (Å²) in [6.07, 6.45) is 3.06. The van der Waals surface area contributed by atoms with Gasteiger partial charge in [0.2, 0.25) is 0 Å². The molecule has 0 atom stereocenters. The van der Waals surface area contributed by atoms with E-state index in [4.69, 9.17) is 4.52 Å². The van der Waals surface area contributed by atoms with E-state index in [1.54, 1.807) is 24.4 Å². The predicted molar refractivity (Wildman–Crippen MR) is 110 cm³/mol. The van der Waals surface area contributed by atoms with Crippen LogP contribution in [0.1, 0.15) is 18.2 Å². The van der Waals surface area contributed by atoms with Gasteiger partial charge in [0, 0.05) is 24.1 Å². The molecule has 10 heteroatoms. The molecule has 0 bridgehead atoms. The Morgan fingerprint density at radius 1 is 0.970 bits per heavy atom. The van der Waals surface area contributed by atoms with E-state index in [0.717, 1.165) is 13.0 Å². The number of aromatic nitrogens is 5. The second-order valence-electron chi connectivity index (χ2n) is 7.53. The maximum atomic E-state index is 14.1. The maximum Gasteiger partial charge on any atom is 0.270 e. The van der Waals surface area contributed by atoms with Crippen LogP contribution < -0.4 is 0 Å². The summed E-state index contributed by atoms with van der Waals surface area (Å²) in [4.78, 5) is 8.50. The third kappa shape index (κ3) is 4.07. The van der Waals surface area contributed by atoms with Crippen LogP contribution in [-0.2, 0) is 12.5 Å². The van der Waals surface area contributed by atoms with Crippen molar-refractivity contribution in [3.05, 3.63) is 83.9 Å². The van der Waals surface area contributed by atoms with E-state index >= 15 is 0 Å². The first-order chi connectivity index (χ1) is 15.8. The molecular weight excluding hydrogens is 438 g/mol. The molecule has 0 N–H and O–H groups in total. The van der Waals surface area contributed by atoms with Gasteiger partial charge in [0.25, 0.3) is 5.92 Å². The Morgan fingerprint density at radius 3 is 2.48 bits per heavy atom. The lowest BCUT2D eigenvalue weighted by atomic mass is 10.1. The summed E-state index contributed by atoms with van der Waals surface area (Å²) < 4.78 is 61.3. The Labute approximate surface area is 184 Å². The summed E-state index contributed by atoms with van der Waals surface area (Å²) in [5.41, 5.74) is 1.88. The van der Waals surface area contributed by atoms with E-state index in [2.05, 4.69) is 20.2 Å². The standard InChI is InChI=1S/C23H15F4N5O/c1-23(26,27)14-7-5-13(6-8-14)18-9-15(33-31-18)11-32-12-20-19(10-28-32)29-22(30-20)16-3-2-4-17(24)21(16)25/h2-10,12H,11H2,1H3. The van der Waals surface area contributed by atoms with Gasteiger partial charge in [-0.25, -0.2) is 27.5 Å². The molecule has 5 rings (SSSR count). The lowest BCUT2D eigenvalue weighted by molar-refractivity contribution is 0.0175. The zero-order valence-electron chi connectivity index (χ0n) is 17.1. The van der Waals surface area contributed by atoms with Crippen molar-refractivity contribution in [2.24, 2.45) is 0 Å². The lowest BCUT2D eigenvalue weighted by Crippen LogP contribution is -2.06. The second-order valence-corrected chi connectivity index (χ2v) is 7.53. The van der Waals surface area contributed by atoms with Gasteiger partial charge >= 0.3 is 0 Å². The van der Waals surface area contributed by atoms with Crippen LogP contribution in [-0.4, -0.2) is 24.9 Å². The minimum Gasteiger partial charge on any atom is -0.359 e. The van der Waals surface area contributed by atoms with Crippen molar-refractivity contribution in [3.8, 4) is 34.0 Å². The summed E-state index contributed by atoms with van der Waals surface area (Å²) in [6, 6.07) is 11.3. The van der Waals surface area contributed by atoms with E-state index in [1.165, 1.54) is 35.1 Å². The van der Waals surface area contributed by atoms with Gasteiger partial charge in [0.1, 0.15) is 23.6 Å². The van der Waals surface area contributed by atoms with E-state index in [0.29, 0.717) is 28.4 Å². The van der Waals surface area contributed by atoms with Crippen LogP contribution in [0.15, 0.2) is 65.4 Å². The first kappa shape index (κ1) is 20.8. The van der Waals surface area contributed by atoms with Crippen LogP contribution in [0.3, 0.4) is 0 Å². The molecule has 0 fully saturated rings. The van der Waals surface area contributed by atoms with Crippen molar-refractivity contribution in [2.45, 2.75) is 19.4 Å². The normalized spacial score (nSPS) is 11.9. The molecule has 3 aromatic rings. The molecule has 0 amide bonds. The number of rotatable bonds is 5. The molecule has 1 aromatic heterocycles. The molecule has 166 valence electrons. The summed E-state index contributed by atoms with van der Waals surface area (Å²) >= 11 is 0. The Morgan fingerprint density at radius 2 is 1.73 bits per heavy atom. The van der Waals surface area contributed by atoms with E-state index in [-0.39, 0.29) is 23.5 Å². The Hall–Kier alpha value is -4.08. The number of hydrogen-bond donors (Lipinski definition) is 0. The highest BCUT2D eigenvalue weighted by Gasteiger charge is 2.24. The lowest BCUT2D eigenvalue weighted by Gasteiger charge is -2.10. The summed E-state index contributed by atoms with van der Waals surface area (Å²) in [6.45, 7) is 1.05. The fourth-order valence-electron chi connectivity index (χ4n) is 3.36. The largest absolute Gasteiger partial charge is 0.359 e. The monoisotopic (exact) mass is 453 g/mol. The first-order valence-corrected chi connectivity index (χ1v) is 9.87. The average Bonchev–Trinajstić information content (AvgIpc) is 3.42.